The number of methoxy groups -OCH3 is 3. The number of rotatable bonds is 7. The molecule has 0 radical (unpaired) electrons. The maximum Gasteiger partial charge on any atom is 0.133 e. The van der Waals surface area contributed by atoms with E-state index in [2.05, 4.69) is 10.3 Å². The van der Waals surface area contributed by atoms with Gasteiger partial charge in [0.25, 0.3) is 0 Å². The Morgan fingerprint density at radius 3 is 2.75 bits per heavy atom. The van der Waals surface area contributed by atoms with Crippen LogP contribution in [0.3, 0.4) is 0 Å². The van der Waals surface area contributed by atoms with Gasteiger partial charge < -0.3 is 19.5 Å². The second-order valence-corrected chi connectivity index (χ2v) is 4.44. The molecule has 20 heavy (non-hydrogen) atoms. The van der Waals surface area contributed by atoms with Gasteiger partial charge in [0.05, 0.1) is 19.8 Å². The second kappa shape index (κ2) is 7.07. The summed E-state index contributed by atoms with van der Waals surface area (Å²) in [6.45, 7) is 1.19. The lowest BCUT2D eigenvalue weighted by Crippen LogP contribution is -2.26. The number of nitrogens with zero attached hydrogens (tertiary/aromatic N) is 1. The van der Waals surface area contributed by atoms with Crippen molar-refractivity contribution < 1.29 is 14.2 Å². The SMILES string of the molecule is COCC(CNc1nccc2cc(OC)ccc12)OC. The molecule has 0 saturated heterocycles. The fourth-order valence-electron chi connectivity index (χ4n) is 2.03. The van der Waals surface area contributed by atoms with Gasteiger partial charge in [0, 0.05) is 32.3 Å². The van der Waals surface area contributed by atoms with Crippen LogP contribution in [0.4, 0.5) is 5.82 Å². The Kier molecular flexibility index (Phi) is 5.15. The predicted molar refractivity (Wildman–Crippen MR) is 79.5 cm³/mol. The maximum atomic E-state index is 5.33. The van der Waals surface area contributed by atoms with Gasteiger partial charge in [0.2, 0.25) is 0 Å². The van der Waals surface area contributed by atoms with E-state index in [0.29, 0.717) is 13.2 Å². The van der Waals surface area contributed by atoms with Crippen LogP contribution < -0.4 is 10.1 Å². The number of hydrogen-bond acceptors (Lipinski definition) is 5. The minimum absolute atomic E-state index is 0.00435. The van der Waals surface area contributed by atoms with Crippen LogP contribution in [0.5, 0.6) is 5.75 Å². The quantitative estimate of drug-likeness (QED) is 0.841. The Balaban J connectivity index is 2.17. The first kappa shape index (κ1) is 14.6. The molecular weight excluding hydrogens is 256 g/mol. The van der Waals surface area contributed by atoms with Gasteiger partial charge in [-0.1, -0.05) is 0 Å². The Labute approximate surface area is 118 Å². The second-order valence-electron chi connectivity index (χ2n) is 4.44. The number of ether oxygens (including phenoxy) is 3. The minimum atomic E-state index is -0.00435. The zero-order valence-electron chi connectivity index (χ0n) is 12.1. The average molecular weight is 276 g/mol. The monoisotopic (exact) mass is 276 g/mol. The molecule has 1 unspecified atom stereocenters. The molecule has 5 nitrogen and oxygen atoms in total. The largest absolute Gasteiger partial charge is 0.497 e. The number of pyridine rings is 1. The zero-order valence-corrected chi connectivity index (χ0v) is 12.1. The molecule has 1 aromatic carbocycles. The van der Waals surface area contributed by atoms with Crippen LogP contribution in [0.25, 0.3) is 10.8 Å². The average Bonchev–Trinajstić information content (AvgIpc) is 2.50. The van der Waals surface area contributed by atoms with E-state index >= 15 is 0 Å². The Morgan fingerprint density at radius 2 is 2.05 bits per heavy atom. The summed E-state index contributed by atoms with van der Waals surface area (Å²) in [6.07, 6.45) is 1.78. The van der Waals surface area contributed by atoms with E-state index in [9.17, 15) is 0 Å². The van der Waals surface area contributed by atoms with E-state index < -0.39 is 0 Å². The lowest BCUT2D eigenvalue weighted by Gasteiger charge is -2.16. The normalized spacial score (nSPS) is 12.3. The van der Waals surface area contributed by atoms with Crippen molar-refractivity contribution in [3.05, 3.63) is 30.5 Å². The van der Waals surface area contributed by atoms with Crippen molar-refractivity contribution in [1.82, 2.24) is 4.98 Å². The molecule has 2 rings (SSSR count). The first-order chi connectivity index (χ1) is 9.78. The van der Waals surface area contributed by atoms with Crippen LogP contribution in [0, 0.1) is 0 Å². The summed E-state index contributed by atoms with van der Waals surface area (Å²) >= 11 is 0. The van der Waals surface area contributed by atoms with E-state index in [1.165, 1.54) is 0 Å². The van der Waals surface area contributed by atoms with Crippen molar-refractivity contribution >= 4 is 16.6 Å². The molecule has 1 atom stereocenters. The lowest BCUT2D eigenvalue weighted by atomic mass is 10.1. The molecule has 1 aromatic heterocycles. The summed E-state index contributed by atoms with van der Waals surface area (Å²) in [5.74, 6) is 1.67. The van der Waals surface area contributed by atoms with Gasteiger partial charge in [-0.05, 0) is 29.7 Å². The summed E-state index contributed by atoms with van der Waals surface area (Å²) in [7, 11) is 5.00. The third-order valence-corrected chi connectivity index (χ3v) is 3.15. The molecule has 0 amide bonds. The fourth-order valence-corrected chi connectivity index (χ4v) is 2.03. The third kappa shape index (κ3) is 3.37. The van der Waals surface area contributed by atoms with Gasteiger partial charge in [0.1, 0.15) is 11.6 Å². The van der Waals surface area contributed by atoms with Crippen LogP contribution in [0.1, 0.15) is 0 Å². The molecule has 1 N–H and O–H groups in total. The van der Waals surface area contributed by atoms with Crippen LogP contribution in [-0.2, 0) is 9.47 Å². The molecule has 2 aromatic rings. The molecule has 5 heteroatoms. The summed E-state index contributed by atoms with van der Waals surface area (Å²) in [4.78, 5) is 4.38. The molecule has 0 aliphatic rings. The Bertz CT molecular complexity index is 560. The maximum absolute atomic E-state index is 5.33. The van der Waals surface area contributed by atoms with Crippen LogP contribution >= 0.6 is 0 Å². The first-order valence-corrected chi connectivity index (χ1v) is 6.47. The molecule has 0 saturated carbocycles. The molecule has 1 heterocycles. The predicted octanol–water partition coefficient (Wildman–Crippen LogP) is 2.32. The fraction of sp³-hybridized carbons (Fsp3) is 0.400. The topological polar surface area (TPSA) is 52.6 Å². The number of anilines is 1. The molecule has 0 fully saturated rings. The van der Waals surface area contributed by atoms with Gasteiger partial charge in [-0.2, -0.15) is 0 Å². The van der Waals surface area contributed by atoms with Gasteiger partial charge in [-0.15, -0.1) is 0 Å². The van der Waals surface area contributed by atoms with Crippen molar-refractivity contribution in [1.29, 1.82) is 0 Å². The van der Waals surface area contributed by atoms with E-state index in [1.54, 1.807) is 27.5 Å². The van der Waals surface area contributed by atoms with Crippen LogP contribution in [0.2, 0.25) is 0 Å². The highest BCUT2D eigenvalue weighted by Crippen LogP contribution is 2.25. The van der Waals surface area contributed by atoms with Crippen molar-refractivity contribution in [2.75, 3.05) is 39.8 Å². The van der Waals surface area contributed by atoms with E-state index in [1.807, 2.05) is 24.3 Å². The first-order valence-electron chi connectivity index (χ1n) is 6.47. The molecule has 0 aliphatic heterocycles. The number of fused-ring (bicyclic) bond motifs is 1. The van der Waals surface area contributed by atoms with Gasteiger partial charge in [-0.25, -0.2) is 4.98 Å². The Hall–Kier alpha value is -1.85. The van der Waals surface area contributed by atoms with Gasteiger partial charge >= 0.3 is 0 Å². The van der Waals surface area contributed by atoms with Gasteiger partial charge in [-0.3, -0.25) is 0 Å². The molecule has 108 valence electrons. The highest BCUT2D eigenvalue weighted by molar-refractivity contribution is 5.92. The van der Waals surface area contributed by atoms with E-state index in [4.69, 9.17) is 14.2 Å². The van der Waals surface area contributed by atoms with Crippen LogP contribution in [-0.4, -0.2) is 45.6 Å². The van der Waals surface area contributed by atoms with Crippen molar-refractivity contribution in [3.8, 4) is 5.75 Å². The third-order valence-electron chi connectivity index (χ3n) is 3.15. The summed E-state index contributed by atoms with van der Waals surface area (Å²) in [5, 5.41) is 5.45. The smallest absolute Gasteiger partial charge is 0.133 e. The van der Waals surface area contributed by atoms with Crippen molar-refractivity contribution in [3.63, 3.8) is 0 Å². The summed E-state index contributed by atoms with van der Waals surface area (Å²) in [5.41, 5.74) is 0. The molecule has 0 spiro atoms. The number of hydrogen-bond donors (Lipinski definition) is 1. The number of benzene rings is 1. The van der Waals surface area contributed by atoms with E-state index in [-0.39, 0.29) is 6.10 Å². The van der Waals surface area contributed by atoms with Gasteiger partial charge in [0.15, 0.2) is 0 Å². The van der Waals surface area contributed by atoms with Crippen molar-refractivity contribution in [2.45, 2.75) is 6.10 Å². The standard InChI is InChI=1S/C15H20N2O3/c1-18-10-13(20-3)9-17-15-14-5-4-12(19-2)8-11(14)6-7-16-15/h4-8,13H,9-10H2,1-3H3,(H,16,17). The highest BCUT2D eigenvalue weighted by atomic mass is 16.5. The molecular formula is C15H20N2O3. The molecule has 0 aliphatic carbocycles. The summed E-state index contributed by atoms with van der Waals surface area (Å²) in [6, 6.07) is 7.89. The minimum Gasteiger partial charge on any atom is -0.497 e. The van der Waals surface area contributed by atoms with Crippen LogP contribution in [0.15, 0.2) is 30.5 Å². The summed E-state index contributed by atoms with van der Waals surface area (Å²) < 4.78 is 15.7. The zero-order chi connectivity index (χ0) is 14.4. The highest BCUT2D eigenvalue weighted by Gasteiger charge is 2.09. The lowest BCUT2D eigenvalue weighted by molar-refractivity contribution is 0.0365. The Morgan fingerprint density at radius 1 is 1.20 bits per heavy atom. The number of aromatic nitrogens is 1. The van der Waals surface area contributed by atoms with Crippen molar-refractivity contribution in [2.24, 2.45) is 0 Å². The number of nitrogens with one attached hydrogen (secondary N) is 1. The van der Waals surface area contributed by atoms with E-state index in [0.717, 1.165) is 22.3 Å². The molecule has 0 bridgehead atoms.